The van der Waals surface area contributed by atoms with Crippen molar-refractivity contribution in [2.75, 3.05) is 23.2 Å². The number of anilines is 2. The van der Waals surface area contributed by atoms with Gasteiger partial charge in [-0.05, 0) is 42.8 Å². The van der Waals surface area contributed by atoms with Crippen LogP contribution in [-0.2, 0) is 10.0 Å². The van der Waals surface area contributed by atoms with Gasteiger partial charge in [0.05, 0.1) is 4.90 Å². The van der Waals surface area contributed by atoms with Crippen molar-refractivity contribution in [3.05, 3.63) is 54.6 Å². The Balaban J connectivity index is 1.83. The van der Waals surface area contributed by atoms with Crippen LogP contribution >= 0.6 is 0 Å². The topological polar surface area (TPSA) is 49.4 Å². The molecule has 5 heteroatoms. The first-order valence-corrected chi connectivity index (χ1v) is 11.4. The summed E-state index contributed by atoms with van der Waals surface area (Å²) in [6, 6.07) is 16.0. The zero-order chi connectivity index (χ0) is 19.5. The second-order valence-corrected chi connectivity index (χ2v) is 8.69. The molecule has 1 N–H and O–H groups in total. The quantitative estimate of drug-likeness (QED) is 0.476. The summed E-state index contributed by atoms with van der Waals surface area (Å²) in [6.45, 7) is 3.23. The van der Waals surface area contributed by atoms with Gasteiger partial charge in [0, 0.05) is 25.0 Å². The molecule has 2 rings (SSSR count). The van der Waals surface area contributed by atoms with E-state index in [2.05, 4.69) is 23.6 Å². The van der Waals surface area contributed by atoms with Gasteiger partial charge in [-0.1, -0.05) is 63.6 Å². The summed E-state index contributed by atoms with van der Waals surface area (Å²) < 4.78 is 27.6. The Morgan fingerprint density at radius 3 is 2.04 bits per heavy atom. The van der Waals surface area contributed by atoms with E-state index in [1.165, 1.54) is 38.5 Å². The van der Waals surface area contributed by atoms with E-state index >= 15 is 0 Å². The van der Waals surface area contributed by atoms with E-state index in [4.69, 9.17) is 0 Å². The van der Waals surface area contributed by atoms with Crippen molar-refractivity contribution in [1.82, 2.24) is 0 Å². The van der Waals surface area contributed by atoms with E-state index in [1.807, 2.05) is 18.2 Å². The number of nitrogens with zero attached hydrogens (tertiary/aromatic N) is 1. The van der Waals surface area contributed by atoms with Gasteiger partial charge in [-0.25, -0.2) is 8.42 Å². The van der Waals surface area contributed by atoms with Crippen molar-refractivity contribution in [3.63, 3.8) is 0 Å². The Kier molecular flexibility index (Phi) is 8.65. The lowest BCUT2D eigenvalue weighted by Crippen LogP contribution is -2.19. The van der Waals surface area contributed by atoms with Gasteiger partial charge < -0.3 is 4.90 Å². The smallest absolute Gasteiger partial charge is 0.261 e. The Morgan fingerprint density at radius 2 is 1.41 bits per heavy atom. The zero-order valence-electron chi connectivity index (χ0n) is 16.5. The second-order valence-electron chi connectivity index (χ2n) is 7.01. The molecule has 0 atom stereocenters. The fraction of sp³-hybridized carbons (Fsp3) is 0.455. The first-order valence-electron chi connectivity index (χ1n) is 9.92. The van der Waals surface area contributed by atoms with Gasteiger partial charge in [0.25, 0.3) is 10.0 Å². The fourth-order valence-corrected chi connectivity index (χ4v) is 4.09. The van der Waals surface area contributed by atoms with Crippen LogP contribution in [0.2, 0.25) is 0 Å². The third kappa shape index (κ3) is 7.25. The molecule has 0 bridgehead atoms. The number of rotatable bonds is 12. The van der Waals surface area contributed by atoms with Crippen LogP contribution in [0.3, 0.4) is 0 Å². The Bertz CT molecular complexity index is 759. The van der Waals surface area contributed by atoms with E-state index in [-0.39, 0.29) is 4.90 Å². The minimum absolute atomic E-state index is 0.277. The van der Waals surface area contributed by atoms with E-state index in [9.17, 15) is 8.42 Å². The highest BCUT2D eigenvalue weighted by Crippen LogP contribution is 2.20. The summed E-state index contributed by atoms with van der Waals surface area (Å²) in [5.74, 6) is 0. The lowest BCUT2D eigenvalue weighted by Gasteiger charge is -2.19. The average Bonchev–Trinajstić information content (AvgIpc) is 2.67. The van der Waals surface area contributed by atoms with Gasteiger partial charge >= 0.3 is 0 Å². The number of nitrogens with one attached hydrogen (secondary N) is 1. The number of unbranched alkanes of at least 4 members (excludes halogenated alkanes) is 6. The second kappa shape index (κ2) is 11.0. The maximum Gasteiger partial charge on any atom is 0.261 e. The molecule has 0 heterocycles. The number of sulfonamides is 1. The molecule has 0 unspecified atom stereocenters. The third-order valence-electron chi connectivity index (χ3n) is 4.71. The highest BCUT2D eigenvalue weighted by atomic mass is 32.2. The van der Waals surface area contributed by atoms with Crippen molar-refractivity contribution in [2.45, 2.75) is 56.8 Å². The average molecular weight is 389 g/mol. The van der Waals surface area contributed by atoms with E-state index in [1.54, 1.807) is 36.4 Å². The van der Waals surface area contributed by atoms with Crippen LogP contribution in [0.15, 0.2) is 59.5 Å². The Morgan fingerprint density at radius 1 is 0.815 bits per heavy atom. The van der Waals surface area contributed by atoms with Crippen molar-refractivity contribution in [1.29, 1.82) is 0 Å². The molecule has 0 saturated heterocycles. The number of hydrogen-bond donors (Lipinski definition) is 1. The van der Waals surface area contributed by atoms with Crippen LogP contribution < -0.4 is 9.62 Å². The molecule has 0 saturated carbocycles. The molecule has 27 heavy (non-hydrogen) atoms. The molecule has 0 aliphatic heterocycles. The molecule has 0 aromatic heterocycles. The molecule has 0 fully saturated rings. The highest BCUT2D eigenvalue weighted by molar-refractivity contribution is 7.92. The van der Waals surface area contributed by atoms with Crippen LogP contribution in [0.5, 0.6) is 0 Å². The van der Waals surface area contributed by atoms with E-state index in [0.717, 1.165) is 18.7 Å². The first kappa shape index (κ1) is 21.3. The van der Waals surface area contributed by atoms with Crippen LogP contribution in [0.4, 0.5) is 11.4 Å². The summed E-state index contributed by atoms with van der Waals surface area (Å²) in [6.07, 6.45) is 9.03. The van der Waals surface area contributed by atoms with E-state index < -0.39 is 10.0 Å². The summed E-state index contributed by atoms with van der Waals surface area (Å²) in [4.78, 5) is 2.46. The van der Waals surface area contributed by atoms with Gasteiger partial charge in [-0.15, -0.1) is 0 Å². The maximum absolute atomic E-state index is 12.5. The minimum atomic E-state index is -3.56. The lowest BCUT2D eigenvalue weighted by atomic mass is 10.1. The number of benzene rings is 2. The SMILES string of the molecule is CCCCCCCCCN(C)c1ccc(S(=O)(=O)Nc2ccccc2)cc1. The van der Waals surface area contributed by atoms with Crippen molar-refractivity contribution < 1.29 is 8.42 Å². The minimum Gasteiger partial charge on any atom is -0.375 e. The molecule has 2 aromatic carbocycles. The molecule has 4 nitrogen and oxygen atoms in total. The first-order chi connectivity index (χ1) is 13.0. The van der Waals surface area contributed by atoms with Crippen LogP contribution in [0.1, 0.15) is 51.9 Å². The van der Waals surface area contributed by atoms with Gasteiger partial charge in [0.1, 0.15) is 0 Å². The predicted molar refractivity (Wildman–Crippen MR) is 115 cm³/mol. The highest BCUT2D eigenvalue weighted by Gasteiger charge is 2.14. The summed E-state index contributed by atoms with van der Waals surface area (Å²) in [7, 11) is -1.50. The Labute approximate surface area is 164 Å². The predicted octanol–water partition coefficient (Wildman–Crippen LogP) is 5.67. The van der Waals surface area contributed by atoms with Crippen molar-refractivity contribution >= 4 is 21.4 Å². The van der Waals surface area contributed by atoms with Crippen LogP contribution in [0, 0.1) is 0 Å². The van der Waals surface area contributed by atoms with E-state index in [0.29, 0.717) is 5.69 Å². The van der Waals surface area contributed by atoms with Crippen LogP contribution in [-0.4, -0.2) is 22.0 Å². The largest absolute Gasteiger partial charge is 0.375 e. The summed E-state index contributed by atoms with van der Waals surface area (Å²) in [5.41, 5.74) is 1.61. The third-order valence-corrected chi connectivity index (χ3v) is 6.11. The zero-order valence-corrected chi connectivity index (χ0v) is 17.3. The molecule has 0 amide bonds. The number of hydrogen-bond acceptors (Lipinski definition) is 3. The monoisotopic (exact) mass is 388 g/mol. The van der Waals surface area contributed by atoms with Gasteiger partial charge in [-0.3, -0.25) is 4.72 Å². The molecule has 0 radical (unpaired) electrons. The van der Waals surface area contributed by atoms with Gasteiger partial charge in [0.15, 0.2) is 0 Å². The molecule has 0 aliphatic rings. The fourth-order valence-electron chi connectivity index (χ4n) is 3.04. The number of para-hydroxylation sites is 1. The normalized spacial score (nSPS) is 11.3. The Hall–Kier alpha value is -2.01. The summed E-state index contributed by atoms with van der Waals surface area (Å²) in [5, 5.41) is 0. The molecule has 2 aromatic rings. The van der Waals surface area contributed by atoms with Crippen molar-refractivity contribution in [3.8, 4) is 0 Å². The molecular formula is C22H32N2O2S. The van der Waals surface area contributed by atoms with Gasteiger partial charge in [0.2, 0.25) is 0 Å². The van der Waals surface area contributed by atoms with Gasteiger partial charge in [-0.2, -0.15) is 0 Å². The summed E-state index contributed by atoms with van der Waals surface area (Å²) >= 11 is 0. The molecule has 148 valence electrons. The standard InChI is InChI=1S/C22H32N2O2S/c1-3-4-5-6-7-8-12-19-24(2)21-15-17-22(18-16-21)27(25,26)23-20-13-10-9-11-14-20/h9-11,13-18,23H,3-8,12,19H2,1-2H3. The maximum atomic E-state index is 12.5. The molecular weight excluding hydrogens is 356 g/mol. The van der Waals surface area contributed by atoms with Crippen LogP contribution in [0.25, 0.3) is 0 Å². The molecule has 0 aliphatic carbocycles. The van der Waals surface area contributed by atoms with Crippen molar-refractivity contribution in [2.24, 2.45) is 0 Å². The molecule has 0 spiro atoms. The lowest BCUT2D eigenvalue weighted by molar-refractivity contribution is 0.588.